The minimum atomic E-state index is -0.660. The van der Waals surface area contributed by atoms with E-state index in [9.17, 15) is 9.50 Å². The maximum atomic E-state index is 13.1. The van der Waals surface area contributed by atoms with Gasteiger partial charge in [0.25, 0.3) is 0 Å². The number of aliphatic hydroxyl groups is 1. The number of hydrogen-bond donors (Lipinski definition) is 2. The van der Waals surface area contributed by atoms with Crippen LogP contribution < -0.4 is 0 Å². The first kappa shape index (κ1) is 8.19. The molecule has 1 heterocycles. The van der Waals surface area contributed by atoms with Gasteiger partial charge in [0.2, 0.25) is 0 Å². The number of fused-ring (bicyclic) bond motifs is 1. The summed E-state index contributed by atoms with van der Waals surface area (Å²) in [6, 6.07) is 4.66. The van der Waals surface area contributed by atoms with E-state index in [0.717, 1.165) is 0 Å². The monoisotopic (exact) mass is 180 g/mol. The molecule has 1 unspecified atom stereocenters. The molecule has 4 heteroatoms. The molecule has 0 spiro atoms. The van der Waals surface area contributed by atoms with Crippen molar-refractivity contribution >= 4 is 10.9 Å². The van der Waals surface area contributed by atoms with E-state index in [1.54, 1.807) is 19.1 Å². The van der Waals surface area contributed by atoms with Crippen LogP contribution in [-0.2, 0) is 0 Å². The first-order chi connectivity index (χ1) is 6.20. The molecule has 0 bridgehead atoms. The molecule has 68 valence electrons. The fraction of sp³-hybridized carbons (Fsp3) is 0.222. The van der Waals surface area contributed by atoms with Gasteiger partial charge in [0.05, 0.1) is 11.8 Å². The Balaban J connectivity index is 2.75. The second-order valence-electron chi connectivity index (χ2n) is 2.95. The van der Waals surface area contributed by atoms with Crippen molar-refractivity contribution in [2.45, 2.75) is 13.0 Å². The largest absolute Gasteiger partial charge is 0.387 e. The summed E-state index contributed by atoms with van der Waals surface area (Å²) < 4.78 is 13.1. The van der Waals surface area contributed by atoms with Crippen LogP contribution in [0.2, 0.25) is 0 Å². The summed E-state index contributed by atoms with van der Waals surface area (Å²) in [6.45, 7) is 1.61. The van der Waals surface area contributed by atoms with Crippen molar-refractivity contribution in [1.82, 2.24) is 10.2 Å². The molecular formula is C9H9FN2O. The fourth-order valence-electron chi connectivity index (χ4n) is 1.34. The molecule has 0 saturated carbocycles. The van der Waals surface area contributed by atoms with Gasteiger partial charge in [-0.3, -0.25) is 5.10 Å². The predicted octanol–water partition coefficient (Wildman–Crippen LogP) is 1.76. The normalized spacial score (nSPS) is 13.5. The molecule has 3 nitrogen and oxygen atoms in total. The maximum Gasteiger partial charge on any atom is 0.151 e. The van der Waals surface area contributed by atoms with Crippen LogP contribution in [0.25, 0.3) is 10.9 Å². The van der Waals surface area contributed by atoms with Gasteiger partial charge in [-0.1, -0.05) is 12.1 Å². The van der Waals surface area contributed by atoms with E-state index in [4.69, 9.17) is 0 Å². The summed E-state index contributed by atoms with van der Waals surface area (Å²) in [7, 11) is 0. The molecule has 1 atom stereocenters. The lowest BCUT2D eigenvalue weighted by Crippen LogP contribution is -1.91. The highest BCUT2D eigenvalue weighted by Crippen LogP contribution is 2.22. The van der Waals surface area contributed by atoms with E-state index >= 15 is 0 Å². The number of aromatic amines is 1. The molecule has 13 heavy (non-hydrogen) atoms. The Morgan fingerprint density at radius 3 is 3.00 bits per heavy atom. The smallest absolute Gasteiger partial charge is 0.151 e. The molecule has 2 N–H and O–H groups in total. The zero-order valence-corrected chi connectivity index (χ0v) is 7.08. The molecule has 0 radical (unpaired) electrons. The Morgan fingerprint density at radius 1 is 1.54 bits per heavy atom. The summed E-state index contributed by atoms with van der Waals surface area (Å²) in [5, 5.41) is 16.3. The van der Waals surface area contributed by atoms with Crippen molar-refractivity contribution < 1.29 is 9.50 Å². The van der Waals surface area contributed by atoms with Crippen molar-refractivity contribution in [3.05, 3.63) is 29.7 Å². The highest BCUT2D eigenvalue weighted by atomic mass is 19.1. The topological polar surface area (TPSA) is 48.9 Å². The lowest BCUT2D eigenvalue weighted by atomic mass is 10.1. The Hall–Kier alpha value is -1.42. The minimum absolute atomic E-state index is 0.276. The molecule has 0 aliphatic heterocycles. The van der Waals surface area contributed by atoms with Crippen LogP contribution in [0, 0.1) is 5.82 Å². The van der Waals surface area contributed by atoms with E-state index in [-0.39, 0.29) is 11.3 Å². The molecule has 0 amide bonds. The summed E-state index contributed by atoms with van der Waals surface area (Å²) in [5.74, 6) is -0.374. The summed E-state index contributed by atoms with van der Waals surface area (Å²) in [6.07, 6.45) is -0.660. The lowest BCUT2D eigenvalue weighted by molar-refractivity contribution is 0.195. The molecule has 1 aromatic heterocycles. The second-order valence-corrected chi connectivity index (χ2v) is 2.95. The summed E-state index contributed by atoms with van der Waals surface area (Å²) >= 11 is 0. The first-order valence-electron chi connectivity index (χ1n) is 4.00. The number of nitrogens with zero attached hydrogens (tertiary/aromatic N) is 1. The first-order valence-corrected chi connectivity index (χ1v) is 4.00. The molecule has 2 aromatic rings. The van der Waals surface area contributed by atoms with E-state index < -0.39 is 6.10 Å². The van der Waals surface area contributed by atoms with Crippen molar-refractivity contribution in [2.75, 3.05) is 0 Å². The lowest BCUT2D eigenvalue weighted by Gasteiger charge is -1.99. The van der Waals surface area contributed by atoms with Gasteiger partial charge in [0, 0.05) is 5.39 Å². The minimum Gasteiger partial charge on any atom is -0.387 e. The van der Waals surface area contributed by atoms with Crippen LogP contribution in [0.1, 0.15) is 18.7 Å². The van der Waals surface area contributed by atoms with Crippen LogP contribution in [0.5, 0.6) is 0 Å². The molecular weight excluding hydrogens is 171 g/mol. The van der Waals surface area contributed by atoms with Crippen molar-refractivity contribution in [3.8, 4) is 0 Å². The molecule has 0 aliphatic carbocycles. The van der Waals surface area contributed by atoms with Crippen LogP contribution >= 0.6 is 0 Å². The Labute approximate surface area is 74.2 Å². The van der Waals surface area contributed by atoms with Gasteiger partial charge in [-0.05, 0) is 13.0 Å². The number of halogens is 1. The third-order valence-electron chi connectivity index (χ3n) is 1.98. The second kappa shape index (κ2) is 2.81. The zero-order valence-electron chi connectivity index (χ0n) is 7.08. The number of H-pyrrole nitrogens is 1. The molecule has 2 rings (SSSR count). The number of rotatable bonds is 1. The molecule has 0 aliphatic rings. The third kappa shape index (κ3) is 1.19. The number of aliphatic hydroxyl groups excluding tert-OH is 1. The van der Waals surface area contributed by atoms with Crippen molar-refractivity contribution in [2.24, 2.45) is 0 Å². The van der Waals surface area contributed by atoms with Gasteiger partial charge in [-0.15, -0.1) is 0 Å². The van der Waals surface area contributed by atoms with Crippen LogP contribution in [-0.4, -0.2) is 15.3 Å². The Bertz CT molecular complexity index is 436. The number of nitrogens with one attached hydrogen (secondary N) is 1. The predicted molar refractivity (Wildman–Crippen MR) is 46.7 cm³/mol. The molecule has 1 aromatic carbocycles. The summed E-state index contributed by atoms with van der Waals surface area (Å²) in [5.41, 5.74) is 0.827. The van der Waals surface area contributed by atoms with E-state index in [0.29, 0.717) is 11.1 Å². The number of benzene rings is 1. The van der Waals surface area contributed by atoms with Crippen molar-refractivity contribution in [3.63, 3.8) is 0 Å². The van der Waals surface area contributed by atoms with E-state index in [2.05, 4.69) is 10.2 Å². The van der Waals surface area contributed by atoms with Gasteiger partial charge < -0.3 is 5.11 Å². The number of aromatic nitrogens is 2. The maximum absolute atomic E-state index is 13.1. The highest BCUT2D eigenvalue weighted by molar-refractivity contribution is 5.82. The standard InChI is InChI=1S/C9H9FN2O/c1-5(13)8-6-3-2-4-7(10)9(6)12-11-8/h2-5,13H,1H3,(H,11,12). The Kier molecular flexibility index (Phi) is 1.77. The van der Waals surface area contributed by atoms with Gasteiger partial charge in [-0.25, -0.2) is 4.39 Å². The SMILES string of the molecule is CC(O)c1[nH]nc2c(F)cccc12. The quantitative estimate of drug-likeness (QED) is 0.702. The molecule has 0 fully saturated rings. The highest BCUT2D eigenvalue weighted by Gasteiger charge is 2.11. The zero-order chi connectivity index (χ0) is 9.42. The fourth-order valence-corrected chi connectivity index (χ4v) is 1.34. The van der Waals surface area contributed by atoms with Gasteiger partial charge in [0.1, 0.15) is 5.52 Å². The van der Waals surface area contributed by atoms with E-state index in [1.165, 1.54) is 6.07 Å². The van der Waals surface area contributed by atoms with Gasteiger partial charge in [0.15, 0.2) is 5.82 Å². The summed E-state index contributed by atoms with van der Waals surface area (Å²) in [4.78, 5) is 0. The number of para-hydroxylation sites is 1. The number of hydrogen-bond acceptors (Lipinski definition) is 2. The van der Waals surface area contributed by atoms with Crippen LogP contribution in [0.15, 0.2) is 18.2 Å². The third-order valence-corrected chi connectivity index (χ3v) is 1.98. The Morgan fingerprint density at radius 2 is 2.31 bits per heavy atom. The van der Waals surface area contributed by atoms with E-state index in [1.807, 2.05) is 0 Å². The average molecular weight is 180 g/mol. The molecule has 0 saturated heterocycles. The average Bonchev–Trinajstić information content (AvgIpc) is 2.48. The van der Waals surface area contributed by atoms with Crippen LogP contribution in [0.4, 0.5) is 4.39 Å². The van der Waals surface area contributed by atoms with Crippen molar-refractivity contribution in [1.29, 1.82) is 0 Å². The van der Waals surface area contributed by atoms with Gasteiger partial charge >= 0.3 is 0 Å². The van der Waals surface area contributed by atoms with Crippen LogP contribution in [0.3, 0.4) is 0 Å². The van der Waals surface area contributed by atoms with Gasteiger partial charge in [-0.2, -0.15) is 5.10 Å².